The lowest BCUT2D eigenvalue weighted by Gasteiger charge is -2.36. The summed E-state index contributed by atoms with van der Waals surface area (Å²) in [5.74, 6) is 0. The van der Waals surface area contributed by atoms with Gasteiger partial charge in [-0.25, -0.2) is 22.4 Å². The van der Waals surface area contributed by atoms with Gasteiger partial charge in [-0.1, -0.05) is 27.6 Å². The summed E-state index contributed by atoms with van der Waals surface area (Å²) in [5.41, 5.74) is 0. The van der Waals surface area contributed by atoms with Crippen LogP contribution in [0, 0.1) is 0 Å². The van der Waals surface area contributed by atoms with Gasteiger partial charge < -0.3 is 0 Å². The summed E-state index contributed by atoms with van der Waals surface area (Å²) >= 11 is 206. The zero-order chi connectivity index (χ0) is 46.1. The highest BCUT2D eigenvalue weighted by Gasteiger charge is 2.46. The summed E-state index contributed by atoms with van der Waals surface area (Å²) in [7, 11) is -1.52. The monoisotopic (exact) mass is 1750 g/mol. The van der Waals surface area contributed by atoms with Crippen LogP contribution in [0.2, 0.25) is 0 Å². The van der Waals surface area contributed by atoms with E-state index in [1.54, 1.807) is 0 Å². The Kier molecular flexibility index (Phi) is 27.2. The van der Waals surface area contributed by atoms with Crippen LogP contribution in [0.25, 0.3) is 0 Å². The predicted molar refractivity (Wildman–Crippen MR) is 399 cm³/mol. The average molecular weight is 1750 g/mol. The fourth-order valence-corrected chi connectivity index (χ4v) is 383. The van der Waals surface area contributed by atoms with E-state index in [1.165, 1.54) is 0 Å². The third kappa shape index (κ3) is 11.1. The first-order valence-corrected chi connectivity index (χ1v) is 80.0. The van der Waals surface area contributed by atoms with Crippen LogP contribution in [0.5, 0.6) is 0 Å². The first-order valence-electron chi connectivity index (χ1n) is 8.99. The van der Waals surface area contributed by atoms with E-state index in [-0.39, 0.29) is 0 Å². The average Bonchev–Trinajstić information content (AvgIpc) is 2.94. The molecule has 0 spiro atoms. The van der Waals surface area contributed by atoms with Crippen molar-refractivity contribution in [1.82, 2.24) is 0 Å². The van der Waals surface area contributed by atoms with Crippen molar-refractivity contribution in [3.63, 3.8) is 0 Å². The van der Waals surface area contributed by atoms with E-state index in [1.807, 2.05) is 0 Å². The van der Waals surface area contributed by atoms with Crippen molar-refractivity contribution in [2.45, 2.75) is 0 Å². The largest absolute Gasteiger partial charge is 0.271 e. The normalized spacial score (nSPS) is 16.7. The molecule has 0 aliphatic rings. The Morgan fingerprint density at radius 2 is 0.309 bits per heavy atom. The molecule has 0 amide bonds. The predicted octanol–water partition coefficient (Wildman–Crippen LogP) is 0.291. The van der Waals surface area contributed by atoms with Gasteiger partial charge in [-0.2, -0.15) is 0 Å². The lowest BCUT2D eigenvalue weighted by Crippen LogP contribution is -2.39. The molecule has 0 saturated heterocycles. The van der Waals surface area contributed by atoms with Gasteiger partial charge in [0.1, 0.15) is 6.56 Å². The lowest BCUT2D eigenvalue weighted by molar-refractivity contribution is 0.944. The molecule has 0 aromatic heterocycles. The Morgan fingerprint density at radius 3 is 0.418 bits per heavy atom. The molecular weight excluding hydrogens is 1750 g/mol. The van der Waals surface area contributed by atoms with Gasteiger partial charge in [0.25, 0.3) is 0 Å². The maximum atomic E-state index is 15.2. The molecule has 0 rings (SSSR count). The minimum atomic E-state index is -4.12. The Bertz CT molecular complexity index is 3810. The van der Waals surface area contributed by atoms with Gasteiger partial charge in [0, 0.05) is 72.9 Å². The molecule has 0 nitrogen and oxygen atoms in total. The summed E-state index contributed by atoms with van der Waals surface area (Å²) in [6.45, 7) is -4.12. The van der Waals surface area contributed by atoms with Crippen molar-refractivity contribution in [2.24, 2.45) is 0 Å². The van der Waals surface area contributed by atoms with Crippen molar-refractivity contribution in [3.05, 3.63) is 0 Å². The van der Waals surface area contributed by atoms with E-state index < -0.39 is 97.0 Å². The molecule has 0 saturated carbocycles. The van der Waals surface area contributed by atoms with Gasteiger partial charge in [-0.05, 0) is 358 Å². The second-order valence-electron chi connectivity index (χ2n) is 7.13. The molecule has 0 aromatic carbocycles. The summed E-state index contributed by atoms with van der Waals surface area (Å²) in [6.07, 6.45) is 0. The number of halogens is 1. The first kappa shape index (κ1) is 69.2. The van der Waals surface area contributed by atoms with Crippen molar-refractivity contribution < 1.29 is 3.89 Å². The standard InChI is InChI=1S/FS54/c1-39(4,5)41(8,9)43(12,13)45(16,17)47(20,21)49(24,25)51(28,29)53(32,33)55(36,37)54(34,35)52(30,31)50(26,27)48(22,23)46(18,19)44(14,15)42(10,11)40(6,7)38(2)3/q-1. The molecule has 0 aliphatic heterocycles. The van der Waals surface area contributed by atoms with Crippen LogP contribution < -0.4 is 0 Å². The van der Waals surface area contributed by atoms with Gasteiger partial charge in [-0.15, -0.1) is 3.89 Å². The van der Waals surface area contributed by atoms with Crippen LogP contribution >= 0.6 is 0 Å². The van der Waals surface area contributed by atoms with E-state index in [0.717, 1.165) is 0 Å². The molecule has 0 fully saturated rings. The zero-order valence-electron chi connectivity index (χ0n) is 22.4. The van der Waals surface area contributed by atoms with Crippen LogP contribution in [-0.2, 0) is 500 Å². The third-order valence-electron chi connectivity index (χ3n) is 4.16. The third-order valence-corrected chi connectivity index (χ3v) is 333. The van der Waals surface area contributed by atoms with Crippen LogP contribution in [0.4, 0.5) is 3.89 Å². The van der Waals surface area contributed by atoms with E-state index in [4.69, 9.17) is 403 Å². The van der Waals surface area contributed by atoms with Crippen LogP contribution in [-0.4, -0.2) is 0 Å². The highest BCUT2D eigenvalue weighted by atomic mass is 34.5. The topological polar surface area (TPSA) is 0 Å². The Balaban J connectivity index is 8.43. The second kappa shape index (κ2) is 21.6. The van der Waals surface area contributed by atoms with Crippen LogP contribution in [0.1, 0.15) is 0 Å². The van der Waals surface area contributed by atoms with Gasteiger partial charge in [0.2, 0.25) is 0 Å². The second-order valence-corrected chi connectivity index (χ2v) is 189. The number of hydrogen-bond acceptors (Lipinski definition) is 37. The maximum absolute atomic E-state index is 15.2. The number of rotatable bonds is 17. The first-order chi connectivity index (χ1) is 22.9. The molecule has 55 heteroatoms. The van der Waals surface area contributed by atoms with E-state index in [9.17, 15) is 0 Å². The summed E-state index contributed by atoms with van der Waals surface area (Å²) < 4.78 is 15.2. The molecule has 0 aromatic rings. The molecule has 55 heavy (non-hydrogen) atoms. The van der Waals surface area contributed by atoms with Crippen molar-refractivity contribution in [3.8, 4) is 0 Å². The minimum Gasteiger partial charge on any atom is -0.271 e. The molecule has 332 valence electrons. The molecule has 0 heterocycles. The number of hydrogen-bond donors (Lipinski definition) is 0. The highest BCUT2D eigenvalue weighted by molar-refractivity contribution is 9.79. The summed E-state index contributed by atoms with van der Waals surface area (Å²) in [6, 6.07) is 0. The molecular formula is FS54-. The molecule has 0 unspecified atom stereocenters. The summed E-state index contributed by atoms with van der Waals surface area (Å²) in [5, 5.41) is -59.2. The Hall–Kier alpha value is 14.2. The van der Waals surface area contributed by atoms with Gasteiger partial charge in [0.05, 0.1) is 5.21 Å². The lowest BCUT2D eigenvalue weighted by atomic mass is 18.9. The fourth-order valence-electron chi connectivity index (χ4n) is 1.60. The molecule has 0 atom stereocenters. The van der Waals surface area contributed by atoms with Gasteiger partial charge >= 0.3 is 0 Å². The SMILES string of the molecule is FS(=S)(=S)S(=S)(=S)S(=S)(=S)S(=S)(=S)S(=S)(=S)S(=S)(=S)S(=S)(=S)S(=S)(=S)S(=S)(=S)S(=S)(=S)S(=S)(=S)S(=S)(=S)S(=S)(=S)S(=S)(=S)S(=S)(=S)S(=S)(=S)S(=S)(=S)[S-](=S)=S. The van der Waals surface area contributed by atoms with Gasteiger partial charge in [-0.3, -0.25) is 7.05 Å². The van der Waals surface area contributed by atoms with Crippen molar-refractivity contribution >= 4 is 500 Å². The van der Waals surface area contributed by atoms with Crippen LogP contribution in [0.15, 0.2) is 0 Å². The zero-order valence-corrected chi connectivity index (χ0v) is 66.5. The smallest absolute Gasteiger partial charge is 0.131 e. The summed E-state index contributed by atoms with van der Waals surface area (Å²) in [4.78, 5) is 0. The highest BCUT2D eigenvalue weighted by Crippen LogP contribution is 2.42. The molecule has 0 bridgehead atoms. The molecule has 0 radical (unpaired) electrons. The van der Waals surface area contributed by atoms with E-state index in [0.29, 0.717) is 0 Å². The van der Waals surface area contributed by atoms with Gasteiger partial charge in [0.15, 0.2) is 0 Å². The quantitative estimate of drug-likeness (QED) is 0.111. The van der Waals surface area contributed by atoms with Crippen LogP contribution in [0.3, 0.4) is 0 Å². The minimum absolute atomic E-state index is 1.52. The van der Waals surface area contributed by atoms with E-state index >= 15 is 3.89 Å². The fraction of sp³-hybridized carbons (Fsp3) is 0. The Morgan fingerprint density at radius 1 is 0.200 bits per heavy atom. The molecule has 0 aliphatic carbocycles. The van der Waals surface area contributed by atoms with E-state index in [2.05, 4.69) is 0 Å². The van der Waals surface area contributed by atoms with Crippen molar-refractivity contribution in [1.29, 1.82) is 0 Å². The maximum Gasteiger partial charge on any atom is 0.131 e. The molecule has 0 N–H and O–H groups in total. The van der Waals surface area contributed by atoms with Crippen molar-refractivity contribution in [2.75, 3.05) is 0 Å². The Labute approximate surface area is 489 Å².